The van der Waals surface area contributed by atoms with E-state index in [1.807, 2.05) is 6.92 Å². The fraction of sp³-hybridized carbons (Fsp3) is 0.364. The molecule has 0 aliphatic heterocycles. The number of hydrogen-bond donors (Lipinski definition) is 2. The molecule has 1 rings (SSSR count). The van der Waals surface area contributed by atoms with Gasteiger partial charge in [0.15, 0.2) is 5.69 Å². The highest BCUT2D eigenvalue weighted by Crippen LogP contribution is 2.12. The Morgan fingerprint density at radius 3 is 2.94 bits per heavy atom. The van der Waals surface area contributed by atoms with Gasteiger partial charge in [0.05, 0.1) is 18.7 Å². The average molecular weight is 238 g/mol. The first kappa shape index (κ1) is 13.1. The van der Waals surface area contributed by atoms with Crippen molar-refractivity contribution in [2.45, 2.75) is 13.3 Å². The van der Waals surface area contributed by atoms with Gasteiger partial charge in [-0.25, -0.2) is 9.78 Å². The monoisotopic (exact) mass is 238 g/mol. The zero-order valence-electron chi connectivity index (χ0n) is 9.47. The molecule has 0 saturated carbocycles. The van der Waals surface area contributed by atoms with Crippen molar-refractivity contribution in [1.82, 2.24) is 4.98 Å². The fourth-order valence-electron chi connectivity index (χ4n) is 1.20. The van der Waals surface area contributed by atoms with Crippen molar-refractivity contribution < 1.29 is 19.4 Å². The van der Waals surface area contributed by atoms with Crippen LogP contribution >= 0.6 is 0 Å². The number of carbonyl (C=O) groups excluding carboxylic acids is 1. The number of carboxylic acid groups (broad SMARTS) is 1. The average Bonchev–Trinajstić information content (AvgIpc) is 2.29. The maximum Gasteiger partial charge on any atom is 0.356 e. The highest BCUT2D eigenvalue weighted by Gasteiger charge is 2.12. The molecule has 1 aromatic heterocycles. The van der Waals surface area contributed by atoms with Gasteiger partial charge in [-0.1, -0.05) is 0 Å². The van der Waals surface area contributed by atoms with Gasteiger partial charge in [-0.15, -0.1) is 0 Å². The number of rotatable bonds is 6. The molecule has 0 aliphatic rings. The van der Waals surface area contributed by atoms with Gasteiger partial charge in [0.2, 0.25) is 5.91 Å². The van der Waals surface area contributed by atoms with Gasteiger partial charge in [0, 0.05) is 12.8 Å². The van der Waals surface area contributed by atoms with Crippen LogP contribution in [-0.4, -0.2) is 35.2 Å². The zero-order valence-corrected chi connectivity index (χ0v) is 9.47. The van der Waals surface area contributed by atoms with Crippen LogP contribution < -0.4 is 5.32 Å². The molecule has 1 aromatic rings. The minimum Gasteiger partial charge on any atom is -0.476 e. The van der Waals surface area contributed by atoms with Gasteiger partial charge in [-0.05, 0) is 19.1 Å². The molecule has 17 heavy (non-hydrogen) atoms. The first-order valence-corrected chi connectivity index (χ1v) is 5.21. The molecule has 6 nitrogen and oxygen atoms in total. The Bertz CT molecular complexity index is 406. The Hall–Kier alpha value is -1.95. The Kier molecular flexibility index (Phi) is 5.09. The summed E-state index contributed by atoms with van der Waals surface area (Å²) in [6.45, 7) is 2.69. The number of amides is 1. The smallest absolute Gasteiger partial charge is 0.356 e. The predicted octanol–water partition coefficient (Wildman–Crippen LogP) is 1.14. The largest absolute Gasteiger partial charge is 0.476 e. The number of aromatic carboxylic acids is 1. The third-order valence-corrected chi connectivity index (χ3v) is 1.96. The maximum absolute atomic E-state index is 11.5. The third kappa shape index (κ3) is 4.20. The van der Waals surface area contributed by atoms with E-state index < -0.39 is 5.97 Å². The summed E-state index contributed by atoms with van der Waals surface area (Å²) in [6, 6.07) is 3.06. The molecule has 92 valence electrons. The van der Waals surface area contributed by atoms with Crippen molar-refractivity contribution in [3.63, 3.8) is 0 Å². The molecule has 0 saturated heterocycles. The molecule has 6 heteroatoms. The normalized spacial score (nSPS) is 9.94. The number of ether oxygens (including phenoxy) is 1. The lowest BCUT2D eigenvalue weighted by molar-refractivity contribution is -0.117. The number of nitrogens with one attached hydrogen (secondary N) is 1. The molecule has 1 amide bonds. The minimum absolute atomic E-state index is 0.169. The highest BCUT2D eigenvalue weighted by molar-refractivity contribution is 5.98. The summed E-state index contributed by atoms with van der Waals surface area (Å²) < 4.78 is 5.03. The second-order valence-corrected chi connectivity index (χ2v) is 3.20. The van der Waals surface area contributed by atoms with Crippen LogP contribution in [0.25, 0.3) is 0 Å². The van der Waals surface area contributed by atoms with Gasteiger partial charge in [0.25, 0.3) is 0 Å². The van der Waals surface area contributed by atoms with E-state index in [1.165, 1.54) is 12.3 Å². The van der Waals surface area contributed by atoms with E-state index in [0.717, 1.165) is 0 Å². The molecule has 2 N–H and O–H groups in total. The number of aromatic nitrogens is 1. The van der Waals surface area contributed by atoms with E-state index in [2.05, 4.69) is 10.3 Å². The SMILES string of the molecule is CCOCCC(=O)Nc1cccnc1C(=O)O. The molecule has 0 aliphatic carbocycles. The summed E-state index contributed by atoms with van der Waals surface area (Å²) in [6.07, 6.45) is 1.54. The van der Waals surface area contributed by atoms with Crippen molar-refractivity contribution in [1.29, 1.82) is 0 Å². The lowest BCUT2D eigenvalue weighted by Gasteiger charge is -2.07. The molecule has 0 fully saturated rings. The fourth-order valence-corrected chi connectivity index (χ4v) is 1.20. The summed E-state index contributed by atoms with van der Waals surface area (Å²) in [5.74, 6) is -1.47. The van der Waals surface area contributed by atoms with Crippen LogP contribution in [-0.2, 0) is 9.53 Å². The molecule has 0 spiro atoms. The minimum atomic E-state index is -1.18. The standard InChI is InChI=1S/C11H14N2O4/c1-2-17-7-5-9(14)13-8-4-3-6-12-10(8)11(15)16/h3-4,6H,2,5,7H2,1H3,(H,13,14)(H,15,16). The first-order valence-electron chi connectivity index (χ1n) is 5.21. The summed E-state index contributed by atoms with van der Waals surface area (Å²) >= 11 is 0. The van der Waals surface area contributed by atoms with Gasteiger partial charge in [0.1, 0.15) is 0 Å². The van der Waals surface area contributed by atoms with Crippen molar-refractivity contribution >= 4 is 17.6 Å². The van der Waals surface area contributed by atoms with Crippen molar-refractivity contribution in [2.75, 3.05) is 18.5 Å². The van der Waals surface area contributed by atoms with E-state index in [4.69, 9.17) is 9.84 Å². The van der Waals surface area contributed by atoms with Crippen LogP contribution in [0.5, 0.6) is 0 Å². The number of pyridine rings is 1. The van der Waals surface area contributed by atoms with Crippen LogP contribution in [0, 0.1) is 0 Å². The van der Waals surface area contributed by atoms with Crippen LogP contribution in [0.4, 0.5) is 5.69 Å². The Balaban J connectivity index is 2.61. The molecular formula is C11H14N2O4. The van der Waals surface area contributed by atoms with E-state index in [1.54, 1.807) is 6.07 Å². The predicted molar refractivity (Wildman–Crippen MR) is 60.9 cm³/mol. The first-order chi connectivity index (χ1) is 8.15. The number of carboxylic acids is 1. The lowest BCUT2D eigenvalue weighted by atomic mass is 10.3. The van der Waals surface area contributed by atoms with Crippen molar-refractivity contribution in [3.8, 4) is 0 Å². The zero-order chi connectivity index (χ0) is 12.7. The van der Waals surface area contributed by atoms with E-state index in [0.29, 0.717) is 13.2 Å². The topological polar surface area (TPSA) is 88.5 Å². The molecular weight excluding hydrogens is 224 g/mol. The molecule has 0 radical (unpaired) electrons. The number of anilines is 1. The second-order valence-electron chi connectivity index (χ2n) is 3.20. The van der Waals surface area contributed by atoms with Gasteiger partial charge < -0.3 is 15.2 Å². The summed E-state index contributed by atoms with van der Waals surface area (Å²) in [5.41, 5.74) is 0.0266. The molecule has 1 heterocycles. The number of nitrogens with zero attached hydrogens (tertiary/aromatic N) is 1. The second kappa shape index (κ2) is 6.59. The Morgan fingerprint density at radius 1 is 1.53 bits per heavy atom. The van der Waals surface area contributed by atoms with E-state index >= 15 is 0 Å². The van der Waals surface area contributed by atoms with Crippen LogP contribution in [0.1, 0.15) is 23.8 Å². The van der Waals surface area contributed by atoms with Gasteiger partial charge >= 0.3 is 5.97 Å². The van der Waals surface area contributed by atoms with Crippen LogP contribution in [0.15, 0.2) is 18.3 Å². The van der Waals surface area contributed by atoms with Crippen molar-refractivity contribution in [3.05, 3.63) is 24.0 Å². The molecule has 0 aromatic carbocycles. The van der Waals surface area contributed by atoms with E-state index in [9.17, 15) is 9.59 Å². The molecule has 0 bridgehead atoms. The number of hydrogen-bond acceptors (Lipinski definition) is 4. The van der Waals surface area contributed by atoms with Crippen molar-refractivity contribution in [2.24, 2.45) is 0 Å². The maximum atomic E-state index is 11.5. The van der Waals surface area contributed by atoms with Gasteiger partial charge in [-0.2, -0.15) is 0 Å². The summed E-state index contributed by atoms with van der Waals surface area (Å²) in [4.78, 5) is 26.0. The van der Waals surface area contributed by atoms with Crippen LogP contribution in [0.3, 0.4) is 0 Å². The lowest BCUT2D eigenvalue weighted by Crippen LogP contribution is -2.17. The Morgan fingerprint density at radius 2 is 2.29 bits per heavy atom. The Labute approximate surface area is 98.6 Å². The van der Waals surface area contributed by atoms with Crippen LogP contribution in [0.2, 0.25) is 0 Å². The van der Waals surface area contributed by atoms with E-state index in [-0.39, 0.29) is 23.7 Å². The third-order valence-electron chi connectivity index (χ3n) is 1.96. The number of carbonyl (C=O) groups is 2. The summed E-state index contributed by atoms with van der Waals surface area (Å²) in [5, 5.41) is 11.3. The molecule has 0 atom stereocenters. The van der Waals surface area contributed by atoms with Gasteiger partial charge in [-0.3, -0.25) is 4.79 Å². The summed E-state index contributed by atoms with van der Waals surface area (Å²) in [7, 11) is 0. The molecule has 0 unspecified atom stereocenters. The quantitative estimate of drug-likeness (QED) is 0.725. The highest BCUT2D eigenvalue weighted by atomic mass is 16.5.